The minimum absolute atomic E-state index is 0.00495. The Labute approximate surface area is 120 Å². The van der Waals surface area contributed by atoms with Crippen LogP contribution in [-0.4, -0.2) is 37.2 Å². The summed E-state index contributed by atoms with van der Waals surface area (Å²) in [5, 5.41) is 2.37. The summed E-state index contributed by atoms with van der Waals surface area (Å²) in [5.74, 6) is -0.00816. The first kappa shape index (κ1) is 15.1. The molecule has 1 saturated carbocycles. The Morgan fingerprint density at radius 3 is 2.11 bits per heavy atom. The van der Waals surface area contributed by atoms with Crippen LogP contribution in [-0.2, 0) is 14.6 Å². The quantitative estimate of drug-likeness (QED) is 0.792. The zero-order chi connectivity index (χ0) is 13.9. The third-order valence-electron chi connectivity index (χ3n) is 4.09. The Morgan fingerprint density at radius 1 is 1.00 bits per heavy atom. The van der Waals surface area contributed by atoms with Crippen LogP contribution in [0.1, 0.15) is 44.9 Å². The zero-order valence-electron chi connectivity index (χ0n) is 11.1. The predicted octanol–water partition coefficient (Wildman–Crippen LogP) is 1.87. The summed E-state index contributed by atoms with van der Waals surface area (Å²) in [7, 11) is -3.08. The number of alkyl halides is 1. The van der Waals surface area contributed by atoms with Gasteiger partial charge >= 0.3 is 0 Å². The Hall–Kier alpha value is -0.290. The molecule has 4 nitrogen and oxygen atoms in total. The fourth-order valence-corrected chi connectivity index (χ4v) is 5.51. The van der Waals surface area contributed by atoms with Gasteiger partial charge in [0.15, 0.2) is 9.84 Å². The smallest absolute Gasteiger partial charge is 0.223 e. The van der Waals surface area contributed by atoms with Crippen LogP contribution >= 0.6 is 11.6 Å². The van der Waals surface area contributed by atoms with Crippen molar-refractivity contribution in [1.82, 2.24) is 5.32 Å². The molecule has 2 aliphatic rings. The molecule has 19 heavy (non-hydrogen) atoms. The molecule has 0 aromatic carbocycles. The highest BCUT2D eigenvalue weighted by molar-refractivity contribution is 7.91. The Kier molecular flexibility index (Phi) is 5.12. The van der Waals surface area contributed by atoms with Gasteiger partial charge in [-0.3, -0.25) is 4.79 Å². The van der Waals surface area contributed by atoms with Gasteiger partial charge in [-0.25, -0.2) is 8.42 Å². The van der Waals surface area contributed by atoms with E-state index < -0.39 is 21.3 Å². The third kappa shape index (κ3) is 4.35. The molecule has 2 unspecified atom stereocenters. The van der Waals surface area contributed by atoms with Crippen molar-refractivity contribution in [2.75, 3.05) is 11.5 Å². The van der Waals surface area contributed by atoms with Crippen molar-refractivity contribution in [2.45, 2.75) is 56.4 Å². The van der Waals surface area contributed by atoms with Gasteiger partial charge in [-0.2, -0.15) is 0 Å². The number of amides is 1. The molecule has 2 fully saturated rings. The van der Waals surface area contributed by atoms with E-state index in [9.17, 15) is 13.2 Å². The maximum absolute atomic E-state index is 12.2. The summed E-state index contributed by atoms with van der Waals surface area (Å²) in [5.41, 5.74) is 0. The maximum atomic E-state index is 12.2. The normalized spacial score (nSPS) is 32.5. The van der Waals surface area contributed by atoms with E-state index in [4.69, 9.17) is 11.6 Å². The Morgan fingerprint density at radius 2 is 1.58 bits per heavy atom. The van der Waals surface area contributed by atoms with Gasteiger partial charge in [-0.1, -0.05) is 32.1 Å². The summed E-state index contributed by atoms with van der Waals surface area (Å²) in [6, 6.07) is -0.412. The van der Waals surface area contributed by atoms with Crippen molar-refractivity contribution < 1.29 is 13.2 Å². The molecule has 1 saturated heterocycles. The van der Waals surface area contributed by atoms with Crippen molar-refractivity contribution in [3.8, 4) is 0 Å². The van der Waals surface area contributed by atoms with E-state index in [0.717, 1.165) is 25.7 Å². The largest absolute Gasteiger partial charge is 0.351 e. The van der Waals surface area contributed by atoms with Gasteiger partial charge in [0.05, 0.1) is 22.9 Å². The van der Waals surface area contributed by atoms with Gasteiger partial charge < -0.3 is 5.32 Å². The minimum Gasteiger partial charge on any atom is -0.351 e. The van der Waals surface area contributed by atoms with Crippen LogP contribution in [0.15, 0.2) is 0 Å². The van der Waals surface area contributed by atoms with Crippen molar-refractivity contribution in [3.63, 3.8) is 0 Å². The van der Waals surface area contributed by atoms with E-state index in [0.29, 0.717) is 0 Å². The molecule has 2 atom stereocenters. The molecule has 0 aromatic rings. The van der Waals surface area contributed by atoms with Crippen molar-refractivity contribution >= 4 is 27.3 Å². The first-order valence-corrected chi connectivity index (χ1v) is 9.38. The van der Waals surface area contributed by atoms with E-state index in [1.54, 1.807) is 0 Å². The first-order chi connectivity index (χ1) is 8.98. The summed E-state index contributed by atoms with van der Waals surface area (Å²) in [6.07, 6.45) is 7.66. The molecule has 6 heteroatoms. The zero-order valence-corrected chi connectivity index (χ0v) is 12.7. The molecule has 110 valence electrons. The van der Waals surface area contributed by atoms with Gasteiger partial charge in [-0.05, 0) is 12.8 Å². The van der Waals surface area contributed by atoms with Crippen molar-refractivity contribution in [3.05, 3.63) is 0 Å². The molecule has 1 aliphatic carbocycles. The third-order valence-corrected chi connectivity index (χ3v) is 6.46. The molecule has 0 spiro atoms. The second-order valence-corrected chi connectivity index (χ2v) is 8.46. The van der Waals surface area contributed by atoms with Crippen LogP contribution < -0.4 is 5.32 Å². The lowest BCUT2D eigenvalue weighted by Crippen LogP contribution is -2.43. The number of hydrogen-bond acceptors (Lipinski definition) is 3. The molecule has 0 bridgehead atoms. The number of halogens is 1. The monoisotopic (exact) mass is 307 g/mol. The van der Waals surface area contributed by atoms with Gasteiger partial charge in [0.1, 0.15) is 0 Å². The number of rotatable bonds is 2. The average molecular weight is 308 g/mol. The topological polar surface area (TPSA) is 63.2 Å². The standard InChI is InChI=1S/C13H22ClNO3S/c14-11-8-19(17,18)9-12(11)15-13(16)10-6-4-2-1-3-5-7-10/h10-12H,1-9H2,(H,15,16). The maximum Gasteiger partial charge on any atom is 0.223 e. The number of carbonyl (C=O) groups excluding carboxylic acids is 1. The Balaban J connectivity index is 1.89. The van der Waals surface area contributed by atoms with E-state index in [1.807, 2.05) is 0 Å². The van der Waals surface area contributed by atoms with Crippen LogP contribution in [0.5, 0.6) is 0 Å². The van der Waals surface area contributed by atoms with Crippen molar-refractivity contribution in [1.29, 1.82) is 0 Å². The van der Waals surface area contributed by atoms with Gasteiger partial charge in [0.25, 0.3) is 0 Å². The molecule has 1 amide bonds. The number of carbonyl (C=O) groups is 1. The average Bonchev–Trinajstić information content (AvgIpc) is 2.50. The molecule has 1 aliphatic heterocycles. The summed E-state index contributed by atoms with van der Waals surface area (Å²) in [6.45, 7) is 0. The highest BCUT2D eigenvalue weighted by Gasteiger charge is 2.38. The van der Waals surface area contributed by atoms with Crippen LogP contribution in [0, 0.1) is 5.92 Å². The fraction of sp³-hybridized carbons (Fsp3) is 0.923. The lowest BCUT2D eigenvalue weighted by molar-refractivity contribution is -0.126. The van der Waals surface area contributed by atoms with E-state index in [1.165, 1.54) is 19.3 Å². The summed E-state index contributed by atoms with van der Waals surface area (Å²) >= 11 is 6.01. The van der Waals surface area contributed by atoms with E-state index >= 15 is 0 Å². The molecule has 2 rings (SSSR count). The second-order valence-electron chi connectivity index (χ2n) is 5.75. The van der Waals surface area contributed by atoms with Gasteiger partial charge in [-0.15, -0.1) is 11.6 Å². The molecule has 0 radical (unpaired) electrons. The van der Waals surface area contributed by atoms with Gasteiger partial charge in [0.2, 0.25) is 5.91 Å². The van der Waals surface area contributed by atoms with Crippen LogP contribution in [0.4, 0.5) is 0 Å². The molecular weight excluding hydrogens is 286 g/mol. The van der Waals surface area contributed by atoms with E-state index in [-0.39, 0.29) is 23.3 Å². The summed E-state index contributed by atoms with van der Waals surface area (Å²) < 4.78 is 22.9. The highest BCUT2D eigenvalue weighted by Crippen LogP contribution is 2.24. The lowest BCUT2D eigenvalue weighted by atomic mass is 9.90. The second kappa shape index (κ2) is 6.44. The number of nitrogens with one attached hydrogen (secondary N) is 1. The van der Waals surface area contributed by atoms with E-state index in [2.05, 4.69) is 5.32 Å². The Bertz CT molecular complexity index is 416. The van der Waals surface area contributed by atoms with Crippen LogP contribution in [0.25, 0.3) is 0 Å². The molecule has 0 aromatic heterocycles. The first-order valence-electron chi connectivity index (χ1n) is 7.13. The van der Waals surface area contributed by atoms with Crippen LogP contribution in [0.2, 0.25) is 0 Å². The molecular formula is C13H22ClNO3S. The SMILES string of the molecule is O=C(NC1CS(=O)(=O)CC1Cl)C1CCCCCCC1. The molecule has 1 heterocycles. The fourth-order valence-electron chi connectivity index (χ4n) is 2.96. The molecule has 1 N–H and O–H groups in total. The van der Waals surface area contributed by atoms with Crippen LogP contribution in [0.3, 0.4) is 0 Å². The lowest BCUT2D eigenvalue weighted by Gasteiger charge is -2.22. The minimum atomic E-state index is -3.08. The predicted molar refractivity (Wildman–Crippen MR) is 76.0 cm³/mol. The van der Waals surface area contributed by atoms with Crippen molar-refractivity contribution in [2.24, 2.45) is 5.92 Å². The number of hydrogen-bond donors (Lipinski definition) is 1. The summed E-state index contributed by atoms with van der Waals surface area (Å²) in [4.78, 5) is 12.2. The number of sulfone groups is 1. The highest BCUT2D eigenvalue weighted by atomic mass is 35.5. The van der Waals surface area contributed by atoms with Gasteiger partial charge in [0, 0.05) is 5.92 Å².